The van der Waals surface area contributed by atoms with E-state index in [1.54, 1.807) is 6.07 Å². The maximum atomic E-state index is 13.9. The van der Waals surface area contributed by atoms with Crippen LogP contribution in [0.25, 0.3) is 0 Å². The quantitative estimate of drug-likeness (QED) is 0.611. The minimum absolute atomic E-state index is 0.0870. The van der Waals surface area contributed by atoms with E-state index in [-0.39, 0.29) is 11.3 Å². The lowest BCUT2D eigenvalue weighted by atomic mass is 9.98. The number of ether oxygens (including phenoxy) is 1. The van der Waals surface area contributed by atoms with Crippen molar-refractivity contribution >= 4 is 0 Å². The Labute approximate surface area is 147 Å². The number of halogens is 6. The lowest BCUT2D eigenvalue weighted by Gasteiger charge is -2.28. The monoisotopic (exact) mass is 389 g/mol. The minimum atomic E-state index is -5.44. The van der Waals surface area contributed by atoms with Crippen LogP contribution in [0.3, 0.4) is 0 Å². The fourth-order valence-electron chi connectivity index (χ4n) is 2.84. The van der Waals surface area contributed by atoms with Crippen molar-refractivity contribution in [2.24, 2.45) is 0 Å². The van der Waals surface area contributed by atoms with Gasteiger partial charge >= 0.3 is 11.8 Å². The van der Waals surface area contributed by atoms with Gasteiger partial charge in [0.1, 0.15) is 11.5 Å². The van der Waals surface area contributed by atoms with Crippen LogP contribution in [-0.2, 0) is 11.7 Å². The van der Waals surface area contributed by atoms with Crippen molar-refractivity contribution in [3.05, 3.63) is 58.7 Å². The summed E-state index contributed by atoms with van der Waals surface area (Å²) in [7, 11) is 0. The first-order valence-corrected chi connectivity index (χ1v) is 7.29. The summed E-state index contributed by atoms with van der Waals surface area (Å²) in [5.41, 5.74) is -4.76. The molecule has 0 fully saturated rings. The van der Waals surface area contributed by atoms with Crippen LogP contribution in [0, 0.1) is 11.3 Å². The van der Waals surface area contributed by atoms with Crippen LogP contribution < -0.4 is 4.74 Å². The highest BCUT2D eigenvalue weighted by Crippen LogP contribution is 2.62. The molecule has 0 amide bonds. The molecule has 4 nitrogen and oxygen atoms in total. The first-order valence-electron chi connectivity index (χ1n) is 7.29. The number of nitrogens with zero attached hydrogens (tertiary/aromatic N) is 1. The molecule has 0 unspecified atom stereocenters. The molecule has 1 aliphatic carbocycles. The summed E-state index contributed by atoms with van der Waals surface area (Å²) in [5, 5.41) is 28.0. The second-order valence-corrected chi connectivity index (χ2v) is 5.76. The van der Waals surface area contributed by atoms with Gasteiger partial charge in [0.25, 0.3) is 12.2 Å². The molecule has 0 atom stereocenters. The molecular weight excluding hydrogens is 380 g/mol. The number of aliphatic hydroxyl groups is 2. The van der Waals surface area contributed by atoms with E-state index < -0.39 is 46.5 Å². The number of hydrogen-bond acceptors (Lipinski definition) is 4. The molecule has 0 heterocycles. The van der Waals surface area contributed by atoms with Gasteiger partial charge in [0, 0.05) is 11.1 Å². The van der Waals surface area contributed by atoms with E-state index in [2.05, 4.69) is 0 Å². The maximum Gasteiger partial charge on any atom is 0.371 e. The van der Waals surface area contributed by atoms with Crippen LogP contribution in [0.1, 0.15) is 28.7 Å². The lowest BCUT2D eigenvalue weighted by Crippen LogP contribution is -2.49. The number of hydrogen-bond donors (Lipinski definition) is 2. The largest absolute Gasteiger partial charge is 0.457 e. The maximum absolute atomic E-state index is 13.9. The Bertz CT molecular complexity index is 952. The highest BCUT2D eigenvalue weighted by molar-refractivity contribution is 5.56. The van der Waals surface area contributed by atoms with Crippen LogP contribution in [0.5, 0.6) is 11.5 Å². The molecule has 0 aromatic heterocycles. The number of alkyl halides is 6. The molecular formula is C17H9F6NO3. The number of benzene rings is 2. The summed E-state index contributed by atoms with van der Waals surface area (Å²) in [6, 6.07) is 7.83. The van der Waals surface area contributed by atoms with E-state index in [9.17, 15) is 36.6 Å². The summed E-state index contributed by atoms with van der Waals surface area (Å²) >= 11 is 0. The zero-order valence-corrected chi connectivity index (χ0v) is 13.1. The average molecular weight is 389 g/mol. The third-order valence-corrected chi connectivity index (χ3v) is 4.13. The normalized spacial score (nSPS) is 18.8. The molecule has 0 saturated heterocycles. The molecule has 27 heavy (non-hydrogen) atoms. The van der Waals surface area contributed by atoms with Gasteiger partial charge in [-0.05, 0) is 30.3 Å². The van der Waals surface area contributed by atoms with Gasteiger partial charge in [0.15, 0.2) is 0 Å². The Morgan fingerprint density at radius 3 is 2.30 bits per heavy atom. The molecule has 0 spiro atoms. The molecule has 10 heteroatoms. The summed E-state index contributed by atoms with van der Waals surface area (Å²) in [4.78, 5) is 0. The van der Waals surface area contributed by atoms with Gasteiger partial charge in [0.05, 0.1) is 17.2 Å². The van der Waals surface area contributed by atoms with Crippen LogP contribution >= 0.6 is 0 Å². The van der Waals surface area contributed by atoms with Gasteiger partial charge < -0.3 is 14.9 Å². The standard InChI is InChI=1S/C17H9F6NO3/c18-14(19)12-11(27-9-3-1-2-8(6-9)7-24)5-4-10-13(12)16(25,26)17(22,23)15(10,20)21/h1-6,14,25-26H. The van der Waals surface area contributed by atoms with Crippen molar-refractivity contribution < 1.29 is 41.3 Å². The average Bonchev–Trinajstić information content (AvgIpc) is 2.70. The molecule has 2 aromatic carbocycles. The molecule has 0 aliphatic heterocycles. The van der Waals surface area contributed by atoms with Crippen LogP contribution in [0.2, 0.25) is 0 Å². The number of rotatable bonds is 3. The predicted molar refractivity (Wildman–Crippen MR) is 77.6 cm³/mol. The van der Waals surface area contributed by atoms with Crippen molar-refractivity contribution in [3.8, 4) is 17.6 Å². The second kappa shape index (κ2) is 5.87. The Kier molecular flexibility index (Phi) is 4.13. The van der Waals surface area contributed by atoms with E-state index in [0.29, 0.717) is 12.1 Å². The lowest BCUT2D eigenvalue weighted by molar-refractivity contribution is -0.358. The topological polar surface area (TPSA) is 73.5 Å². The third-order valence-electron chi connectivity index (χ3n) is 4.13. The summed E-state index contributed by atoms with van der Waals surface area (Å²) in [6.07, 6.45) is -3.64. The molecule has 0 bridgehead atoms. The molecule has 0 radical (unpaired) electrons. The molecule has 142 valence electrons. The first kappa shape index (κ1) is 19.0. The Hall–Kier alpha value is -2.77. The van der Waals surface area contributed by atoms with Crippen molar-refractivity contribution in [1.82, 2.24) is 0 Å². The molecule has 3 rings (SSSR count). The summed E-state index contributed by atoms with van der Waals surface area (Å²) in [6.45, 7) is 0. The Balaban J connectivity index is 2.22. The molecule has 1 aliphatic rings. The molecule has 2 aromatic rings. The van der Waals surface area contributed by atoms with E-state index in [4.69, 9.17) is 10.00 Å². The van der Waals surface area contributed by atoms with E-state index >= 15 is 0 Å². The van der Waals surface area contributed by atoms with E-state index in [1.807, 2.05) is 0 Å². The smallest absolute Gasteiger partial charge is 0.371 e. The number of fused-ring (bicyclic) bond motifs is 1. The third kappa shape index (κ3) is 2.54. The van der Waals surface area contributed by atoms with Crippen molar-refractivity contribution in [1.29, 1.82) is 5.26 Å². The van der Waals surface area contributed by atoms with Crippen LogP contribution in [0.4, 0.5) is 26.3 Å². The minimum Gasteiger partial charge on any atom is -0.457 e. The van der Waals surface area contributed by atoms with Crippen LogP contribution in [0.15, 0.2) is 36.4 Å². The zero-order chi connectivity index (χ0) is 20.2. The van der Waals surface area contributed by atoms with Crippen molar-refractivity contribution in [2.45, 2.75) is 24.1 Å². The highest BCUT2D eigenvalue weighted by atomic mass is 19.3. The van der Waals surface area contributed by atoms with Gasteiger partial charge in [-0.25, -0.2) is 8.78 Å². The van der Waals surface area contributed by atoms with Gasteiger partial charge in [-0.15, -0.1) is 0 Å². The highest BCUT2D eigenvalue weighted by Gasteiger charge is 2.77. The predicted octanol–water partition coefficient (Wildman–Crippen LogP) is 4.17. The van der Waals surface area contributed by atoms with Gasteiger partial charge in [-0.2, -0.15) is 22.8 Å². The Morgan fingerprint density at radius 2 is 1.70 bits per heavy atom. The van der Waals surface area contributed by atoms with Gasteiger partial charge in [-0.3, -0.25) is 0 Å². The van der Waals surface area contributed by atoms with Crippen molar-refractivity contribution in [3.63, 3.8) is 0 Å². The first-order chi connectivity index (χ1) is 12.4. The second-order valence-electron chi connectivity index (χ2n) is 5.76. The molecule has 2 N–H and O–H groups in total. The van der Waals surface area contributed by atoms with E-state index in [1.165, 1.54) is 18.2 Å². The van der Waals surface area contributed by atoms with Gasteiger partial charge in [0.2, 0.25) is 0 Å². The van der Waals surface area contributed by atoms with Crippen molar-refractivity contribution in [2.75, 3.05) is 0 Å². The molecule has 0 saturated carbocycles. The van der Waals surface area contributed by atoms with E-state index in [0.717, 1.165) is 6.07 Å². The van der Waals surface area contributed by atoms with Gasteiger partial charge in [-0.1, -0.05) is 6.07 Å². The fraction of sp³-hybridized carbons (Fsp3) is 0.235. The Morgan fingerprint density at radius 1 is 1.04 bits per heavy atom. The summed E-state index contributed by atoms with van der Waals surface area (Å²) in [5.74, 6) is -16.1. The number of nitriles is 1. The zero-order valence-electron chi connectivity index (χ0n) is 13.1. The van der Waals surface area contributed by atoms with Crippen LogP contribution in [-0.4, -0.2) is 16.1 Å². The SMILES string of the molecule is N#Cc1cccc(Oc2ccc3c(c2C(F)F)C(O)(O)C(F)(F)C3(F)F)c1. The summed E-state index contributed by atoms with van der Waals surface area (Å²) < 4.78 is 87.7. The fourth-order valence-corrected chi connectivity index (χ4v) is 2.84.